The van der Waals surface area contributed by atoms with Crippen molar-refractivity contribution in [2.75, 3.05) is 43.9 Å². The molecule has 4 rings (SSSR count). The molecule has 0 radical (unpaired) electrons. The van der Waals surface area contributed by atoms with Gasteiger partial charge in [-0.15, -0.1) is 10.2 Å². The number of hydrogen-bond donors (Lipinski definition) is 1. The minimum atomic E-state index is 0.421. The first-order valence-corrected chi connectivity index (χ1v) is 8.91. The summed E-state index contributed by atoms with van der Waals surface area (Å²) in [5, 5.41) is 8.75. The van der Waals surface area contributed by atoms with Gasteiger partial charge in [-0.25, -0.2) is 0 Å². The second-order valence-electron chi connectivity index (χ2n) is 6.49. The summed E-state index contributed by atoms with van der Waals surface area (Å²) in [6, 6.07) is 13.5. The number of anilines is 2. The van der Waals surface area contributed by atoms with E-state index < -0.39 is 0 Å². The Kier molecular flexibility index (Phi) is 4.53. The van der Waals surface area contributed by atoms with Crippen molar-refractivity contribution in [1.29, 1.82) is 0 Å². The zero-order chi connectivity index (χ0) is 18.1. The van der Waals surface area contributed by atoms with Crippen LogP contribution in [-0.2, 0) is 0 Å². The summed E-state index contributed by atoms with van der Waals surface area (Å²) in [5.41, 5.74) is 9.12. The van der Waals surface area contributed by atoms with Gasteiger partial charge in [-0.1, -0.05) is 11.6 Å². The molecule has 0 saturated carbocycles. The van der Waals surface area contributed by atoms with E-state index in [0.717, 1.165) is 37.3 Å². The van der Waals surface area contributed by atoms with E-state index in [9.17, 15) is 0 Å². The standard InChI is InChI=1S/C19H20ClN5O/c1-24-8-10-25(11-9-24)15-5-2-13(3-6-15)18-22-23-19(26-18)14-4-7-17(21)16(20)12-14/h2-7,12H,8-11,21H2,1H3. The van der Waals surface area contributed by atoms with Crippen LogP contribution in [0.1, 0.15) is 0 Å². The fourth-order valence-electron chi connectivity index (χ4n) is 3.00. The van der Waals surface area contributed by atoms with Crippen molar-refractivity contribution in [3.05, 3.63) is 47.5 Å². The predicted molar refractivity (Wildman–Crippen MR) is 104 cm³/mol. The molecule has 0 bridgehead atoms. The predicted octanol–water partition coefficient (Wildman–Crippen LogP) is 3.39. The third-order valence-corrected chi connectivity index (χ3v) is 4.98. The summed E-state index contributed by atoms with van der Waals surface area (Å²) in [7, 11) is 2.15. The number of benzene rings is 2. The number of halogens is 1. The SMILES string of the molecule is CN1CCN(c2ccc(-c3nnc(-c4ccc(N)c(Cl)c4)o3)cc2)CC1. The van der Waals surface area contributed by atoms with Crippen molar-refractivity contribution in [2.24, 2.45) is 0 Å². The monoisotopic (exact) mass is 369 g/mol. The van der Waals surface area contributed by atoms with E-state index in [1.807, 2.05) is 18.2 Å². The molecule has 0 aliphatic carbocycles. The average Bonchev–Trinajstić information content (AvgIpc) is 3.15. The fourth-order valence-corrected chi connectivity index (χ4v) is 3.18. The highest BCUT2D eigenvalue weighted by molar-refractivity contribution is 6.33. The normalized spacial score (nSPS) is 15.4. The lowest BCUT2D eigenvalue weighted by Crippen LogP contribution is -2.44. The van der Waals surface area contributed by atoms with E-state index in [1.54, 1.807) is 12.1 Å². The minimum Gasteiger partial charge on any atom is -0.416 e. The van der Waals surface area contributed by atoms with Crippen LogP contribution in [0.5, 0.6) is 0 Å². The van der Waals surface area contributed by atoms with Gasteiger partial charge in [0, 0.05) is 43.0 Å². The molecule has 1 aliphatic heterocycles. The topological polar surface area (TPSA) is 71.4 Å². The number of nitrogen functional groups attached to an aromatic ring is 1. The van der Waals surface area contributed by atoms with Crippen molar-refractivity contribution in [2.45, 2.75) is 0 Å². The maximum atomic E-state index is 6.07. The van der Waals surface area contributed by atoms with Crippen molar-refractivity contribution < 1.29 is 4.42 Å². The zero-order valence-electron chi connectivity index (χ0n) is 14.5. The van der Waals surface area contributed by atoms with Crippen LogP contribution in [0.2, 0.25) is 5.02 Å². The van der Waals surface area contributed by atoms with Gasteiger partial charge in [0.2, 0.25) is 11.8 Å². The number of likely N-dealkylation sites (N-methyl/N-ethyl adjacent to an activating group) is 1. The van der Waals surface area contributed by atoms with Crippen LogP contribution in [0.25, 0.3) is 22.9 Å². The first-order chi connectivity index (χ1) is 12.6. The van der Waals surface area contributed by atoms with Crippen molar-refractivity contribution in [1.82, 2.24) is 15.1 Å². The first kappa shape index (κ1) is 16.9. The molecule has 1 aromatic heterocycles. The highest BCUT2D eigenvalue weighted by atomic mass is 35.5. The molecular formula is C19H20ClN5O. The summed E-state index contributed by atoms with van der Waals surface area (Å²) >= 11 is 6.07. The quantitative estimate of drug-likeness (QED) is 0.713. The molecule has 0 spiro atoms. The van der Waals surface area contributed by atoms with Gasteiger partial charge >= 0.3 is 0 Å². The summed E-state index contributed by atoms with van der Waals surface area (Å²) < 4.78 is 5.81. The van der Waals surface area contributed by atoms with Gasteiger partial charge in [0.05, 0.1) is 10.7 Å². The van der Waals surface area contributed by atoms with Crippen LogP contribution < -0.4 is 10.6 Å². The molecule has 7 heteroatoms. The van der Waals surface area contributed by atoms with Crippen LogP contribution in [-0.4, -0.2) is 48.3 Å². The van der Waals surface area contributed by atoms with E-state index in [4.69, 9.17) is 21.8 Å². The zero-order valence-corrected chi connectivity index (χ0v) is 15.3. The van der Waals surface area contributed by atoms with E-state index >= 15 is 0 Å². The van der Waals surface area contributed by atoms with Crippen LogP contribution in [0, 0.1) is 0 Å². The number of nitrogens with zero attached hydrogens (tertiary/aromatic N) is 4. The molecular weight excluding hydrogens is 350 g/mol. The average molecular weight is 370 g/mol. The number of rotatable bonds is 3. The third-order valence-electron chi connectivity index (χ3n) is 4.66. The molecule has 0 atom stereocenters. The number of nitrogens with two attached hydrogens (primary N) is 1. The van der Waals surface area contributed by atoms with Crippen LogP contribution in [0.4, 0.5) is 11.4 Å². The molecule has 6 nitrogen and oxygen atoms in total. The summed E-state index contributed by atoms with van der Waals surface area (Å²) in [6.07, 6.45) is 0. The summed E-state index contributed by atoms with van der Waals surface area (Å²) in [5.74, 6) is 0.905. The van der Waals surface area contributed by atoms with Gasteiger partial charge in [-0.05, 0) is 49.5 Å². The van der Waals surface area contributed by atoms with Crippen LogP contribution in [0.15, 0.2) is 46.9 Å². The van der Waals surface area contributed by atoms with E-state index in [1.165, 1.54) is 5.69 Å². The summed E-state index contributed by atoms with van der Waals surface area (Å²) in [6.45, 7) is 4.24. The van der Waals surface area contributed by atoms with Crippen LogP contribution in [0.3, 0.4) is 0 Å². The fraction of sp³-hybridized carbons (Fsp3) is 0.263. The molecule has 1 aliphatic rings. The highest BCUT2D eigenvalue weighted by Crippen LogP contribution is 2.29. The molecule has 0 amide bonds. The largest absolute Gasteiger partial charge is 0.416 e. The second kappa shape index (κ2) is 6.97. The lowest BCUT2D eigenvalue weighted by Gasteiger charge is -2.34. The van der Waals surface area contributed by atoms with Gasteiger partial charge in [0.15, 0.2) is 0 Å². The molecule has 2 N–H and O–H groups in total. The minimum absolute atomic E-state index is 0.421. The molecule has 1 saturated heterocycles. The first-order valence-electron chi connectivity index (χ1n) is 8.53. The Morgan fingerprint density at radius 2 is 1.54 bits per heavy atom. The Morgan fingerprint density at radius 3 is 2.19 bits per heavy atom. The van der Waals surface area contributed by atoms with Gasteiger partial charge in [-0.3, -0.25) is 0 Å². The Hall–Kier alpha value is -2.57. The Labute approximate surface area is 157 Å². The lowest BCUT2D eigenvalue weighted by atomic mass is 10.2. The molecule has 2 aromatic carbocycles. The molecule has 134 valence electrons. The van der Waals surface area contributed by atoms with Gasteiger partial charge < -0.3 is 20.0 Å². The maximum Gasteiger partial charge on any atom is 0.248 e. The third kappa shape index (κ3) is 3.38. The van der Waals surface area contributed by atoms with E-state index in [2.05, 4.69) is 39.2 Å². The van der Waals surface area contributed by atoms with Crippen molar-refractivity contribution >= 4 is 23.0 Å². The Balaban J connectivity index is 1.53. The Bertz CT molecular complexity index is 901. The van der Waals surface area contributed by atoms with Crippen molar-refractivity contribution in [3.63, 3.8) is 0 Å². The van der Waals surface area contributed by atoms with Gasteiger partial charge in [-0.2, -0.15) is 0 Å². The summed E-state index contributed by atoms with van der Waals surface area (Å²) in [4.78, 5) is 4.73. The van der Waals surface area contributed by atoms with Gasteiger partial charge in [0.25, 0.3) is 0 Å². The van der Waals surface area contributed by atoms with Crippen LogP contribution >= 0.6 is 11.6 Å². The van der Waals surface area contributed by atoms with Crippen molar-refractivity contribution in [3.8, 4) is 22.9 Å². The molecule has 1 fully saturated rings. The van der Waals surface area contributed by atoms with E-state index in [0.29, 0.717) is 22.5 Å². The molecule has 26 heavy (non-hydrogen) atoms. The molecule has 2 heterocycles. The number of hydrogen-bond acceptors (Lipinski definition) is 6. The maximum absolute atomic E-state index is 6.07. The second-order valence-corrected chi connectivity index (χ2v) is 6.89. The Morgan fingerprint density at radius 1 is 0.923 bits per heavy atom. The van der Waals surface area contributed by atoms with Gasteiger partial charge in [0.1, 0.15) is 0 Å². The lowest BCUT2D eigenvalue weighted by molar-refractivity contribution is 0.313. The number of aromatic nitrogens is 2. The molecule has 0 unspecified atom stereocenters. The van der Waals surface area contributed by atoms with E-state index in [-0.39, 0.29) is 0 Å². The highest BCUT2D eigenvalue weighted by Gasteiger charge is 2.15. The molecule has 3 aromatic rings. The smallest absolute Gasteiger partial charge is 0.248 e. The number of piperazine rings is 1.